The Morgan fingerprint density at radius 1 is 1.32 bits per heavy atom. The van der Waals surface area contributed by atoms with Crippen LogP contribution in [0.3, 0.4) is 0 Å². The summed E-state index contributed by atoms with van der Waals surface area (Å²) in [6, 6.07) is 0. The molecule has 2 amide bonds. The molecule has 0 saturated carbocycles. The van der Waals surface area contributed by atoms with Gasteiger partial charge in [0, 0.05) is 38.4 Å². The normalized spacial score (nSPS) is 21.5. The molecule has 0 bridgehead atoms. The van der Waals surface area contributed by atoms with Crippen molar-refractivity contribution in [3.63, 3.8) is 0 Å². The van der Waals surface area contributed by atoms with E-state index in [0.29, 0.717) is 25.2 Å². The van der Waals surface area contributed by atoms with Crippen LogP contribution >= 0.6 is 0 Å². The number of amides is 2. The predicted octanol–water partition coefficient (Wildman–Crippen LogP) is 0.219. The molecule has 3 rings (SSSR count). The average molecular weight is 260 g/mol. The fraction of sp³-hybridized carbons (Fsp3) is 0.538. The number of aromatic nitrogens is 2. The maximum atomic E-state index is 12.2. The van der Waals surface area contributed by atoms with E-state index in [1.54, 1.807) is 11.1 Å². The van der Waals surface area contributed by atoms with Gasteiger partial charge in [-0.2, -0.15) is 0 Å². The number of carbonyl (C=O) groups excluding carboxylic acids is 2. The van der Waals surface area contributed by atoms with Gasteiger partial charge in [0.1, 0.15) is 5.69 Å². The molecule has 2 saturated heterocycles. The molecule has 0 radical (unpaired) electrons. The molecule has 1 spiro atoms. The first-order valence-electron chi connectivity index (χ1n) is 6.51. The Kier molecular flexibility index (Phi) is 2.93. The van der Waals surface area contributed by atoms with Crippen molar-refractivity contribution in [1.29, 1.82) is 0 Å². The Balaban J connectivity index is 1.64. The molecule has 2 fully saturated rings. The minimum atomic E-state index is -0.0692. The second kappa shape index (κ2) is 4.60. The maximum Gasteiger partial charge on any atom is 0.274 e. The summed E-state index contributed by atoms with van der Waals surface area (Å²) in [7, 11) is 0. The van der Waals surface area contributed by atoms with Gasteiger partial charge in [-0.25, -0.2) is 4.98 Å². The van der Waals surface area contributed by atoms with Gasteiger partial charge in [0.15, 0.2) is 0 Å². The molecule has 1 aromatic heterocycles. The zero-order valence-corrected chi connectivity index (χ0v) is 10.6. The van der Waals surface area contributed by atoms with Crippen LogP contribution in [-0.4, -0.2) is 46.3 Å². The number of nitrogens with one attached hydrogen (secondary N) is 1. The van der Waals surface area contributed by atoms with Crippen molar-refractivity contribution in [2.24, 2.45) is 5.41 Å². The number of hydrogen-bond acceptors (Lipinski definition) is 4. The van der Waals surface area contributed by atoms with E-state index >= 15 is 0 Å². The van der Waals surface area contributed by atoms with Crippen molar-refractivity contribution in [1.82, 2.24) is 20.2 Å². The molecule has 1 aromatic rings. The van der Waals surface area contributed by atoms with Gasteiger partial charge in [0.2, 0.25) is 5.91 Å². The highest BCUT2D eigenvalue weighted by Gasteiger charge is 2.41. The van der Waals surface area contributed by atoms with Crippen LogP contribution in [0.15, 0.2) is 18.6 Å². The molecule has 0 aromatic carbocycles. The highest BCUT2D eigenvalue weighted by atomic mass is 16.2. The highest BCUT2D eigenvalue weighted by molar-refractivity contribution is 5.92. The summed E-state index contributed by atoms with van der Waals surface area (Å²) < 4.78 is 0. The first-order valence-corrected chi connectivity index (χ1v) is 6.51. The van der Waals surface area contributed by atoms with E-state index < -0.39 is 0 Å². The molecule has 1 N–H and O–H groups in total. The van der Waals surface area contributed by atoms with Gasteiger partial charge >= 0.3 is 0 Å². The van der Waals surface area contributed by atoms with E-state index in [4.69, 9.17) is 0 Å². The smallest absolute Gasteiger partial charge is 0.274 e. The molecule has 100 valence electrons. The van der Waals surface area contributed by atoms with Crippen molar-refractivity contribution in [3.8, 4) is 0 Å². The number of rotatable bonds is 1. The minimum absolute atomic E-state index is 0.0657. The van der Waals surface area contributed by atoms with Crippen LogP contribution in [-0.2, 0) is 4.79 Å². The lowest BCUT2D eigenvalue weighted by Gasteiger charge is -2.37. The van der Waals surface area contributed by atoms with Crippen molar-refractivity contribution < 1.29 is 9.59 Å². The van der Waals surface area contributed by atoms with Gasteiger partial charge in [-0.3, -0.25) is 14.6 Å². The third-order valence-electron chi connectivity index (χ3n) is 4.09. The van der Waals surface area contributed by atoms with Crippen LogP contribution in [0.25, 0.3) is 0 Å². The fourth-order valence-corrected chi connectivity index (χ4v) is 2.86. The van der Waals surface area contributed by atoms with Crippen LogP contribution in [0.5, 0.6) is 0 Å². The lowest BCUT2D eigenvalue weighted by Crippen LogP contribution is -2.44. The first-order chi connectivity index (χ1) is 9.19. The van der Waals surface area contributed by atoms with Gasteiger partial charge in [0.05, 0.1) is 6.20 Å². The van der Waals surface area contributed by atoms with Gasteiger partial charge in [0.25, 0.3) is 5.91 Å². The Morgan fingerprint density at radius 3 is 2.68 bits per heavy atom. The summed E-state index contributed by atoms with van der Waals surface area (Å²) in [4.78, 5) is 33.3. The summed E-state index contributed by atoms with van der Waals surface area (Å²) in [6.07, 6.45) is 6.92. The van der Waals surface area contributed by atoms with Crippen molar-refractivity contribution in [3.05, 3.63) is 24.3 Å². The topological polar surface area (TPSA) is 75.2 Å². The largest absolute Gasteiger partial charge is 0.356 e. The molecule has 3 heterocycles. The van der Waals surface area contributed by atoms with Crippen LogP contribution in [0.2, 0.25) is 0 Å². The van der Waals surface area contributed by atoms with E-state index in [1.165, 1.54) is 12.4 Å². The Labute approximate surface area is 111 Å². The van der Waals surface area contributed by atoms with Crippen molar-refractivity contribution in [2.45, 2.75) is 19.3 Å². The Hall–Kier alpha value is -1.98. The molecular formula is C13H16N4O2. The van der Waals surface area contributed by atoms with E-state index in [-0.39, 0.29) is 17.2 Å². The predicted molar refractivity (Wildman–Crippen MR) is 67.2 cm³/mol. The maximum absolute atomic E-state index is 12.2. The second-order valence-electron chi connectivity index (χ2n) is 5.34. The summed E-state index contributed by atoms with van der Waals surface area (Å²) in [5.74, 6) is 0.0638. The van der Waals surface area contributed by atoms with E-state index in [2.05, 4.69) is 15.3 Å². The number of likely N-dealkylation sites (tertiary alicyclic amines) is 1. The standard InChI is InChI=1S/C13H16N4O2/c18-11-7-13(9-16-11)1-5-17(6-2-13)12(19)10-8-14-3-4-15-10/h3-4,8H,1-2,5-7,9H2,(H,16,18). The fourth-order valence-electron chi connectivity index (χ4n) is 2.86. The van der Waals surface area contributed by atoms with Crippen LogP contribution in [0, 0.1) is 5.41 Å². The molecule has 0 aliphatic carbocycles. The lowest BCUT2D eigenvalue weighted by atomic mass is 9.77. The molecule has 2 aliphatic heterocycles. The second-order valence-corrected chi connectivity index (χ2v) is 5.34. The zero-order valence-electron chi connectivity index (χ0n) is 10.6. The molecule has 0 atom stereocenters. The minimum Gasteiger partial charge on any atom is -0.356 e. The first kappa shape index (κ1) is 12.1. The SMILES string of the molecule is O=C1CC2(CCN(C(=O)c3cnccn3)CC2)CN1. The number of carbonyl (C=O) groups is 2. The van der Waals surface area contributed by atoms with Crippen molar-refractivity contribution in [2.75, 3.05) is 19.6 Å². The molecule has 2 aliphatic rings. The lowest BCUT2D eigenvalue weighted by molar-refractivity contribution is -0.119. The van der Waals surface area contributed by atoms with E-state index in [0.717, 1.165) is 19.4 Å². The summed E-state index contributed by atoms with van der Waals surface area (Å²) in [5, 5.41) is 2.89. The number of nitrogens with zero attached hydrogens (tertiary/aromatic N) is 3. The van der Waals surface area contributed by atoms with Gasteiger partial charge in [-0.15, -0.1) is 0 Å². The molecule has 6 nitrogen and oxygen atoms in total. The van der Waals surface area contributed by atoms with Gasteiger partial charge < -0.3 is 10.2 Å². The Morgan fingerprint density at radius 2 is 2.11 bits per heavy atom. The average Bonchev–Trinajstić information content (AvgIpc) is 2.81. The van der Waals surface area contributed by atoms with Gasteiger partial charge in [-0.1, -0.05) is 0 Å². The molecule has 6 heteroatoms. The van der Waals surface area contributed by atoms with Crippen LogP contribution < -0.4 is 5.32 Å². The third-order valence-corrected chi connectivity index (χ3v) is 4.09. The molecular weight excluding hydrogens is 244 g/mol. The van der Waals surface area contributed by atoms with E-state index in [9.17, 15) is 9.59 Å². The number of piperidine rings is 1. The summed E-state index contributed by atoms with van der Waals surface area (Å²) in [5.41, 5.74) is 0.454. The van der Waals surface area contributed by atoms with Crippen molar-refractivity contribution >= 4 is 11.8 Å². The monoisotopic (exact) mass is 260 g/mol. The molecule has 19 heavy (non-hydrogen) atoms. The zero-order chi connectivity index (χ0) is 13.3. The Bertz CT molecular complexity index is 495. The quantitative estimate of drug-likeness (QED) is 0.783. The summed E-state index contributed by atoms with van der Waals surface area (Å²) >= 11 is 0. The van der Waals surface area contributed by atoms with Crippen LogP contribution in [0.4, 0.5) is 0 Å². The van der Waals surface area contributed by atoms with Gasteiger partial charge in [-0.05, 0) is 18.3 Å². The highest BCUT2D eigenvalue weighted by Crippen LogP contribution is 2.37. The van der Waals surface area contributed by atoms with Crippen LogP contribution in [0.1, 0.15) is 29.8 Å². The molecule has 0 unspecified atom stereocenters. The van der Waals surface area contributed by atoms with E-state index in [1.807, 2.05) is 0 Å². The summed E-state index contributed by atoms with van der Waals surface area (Å²) in [6.45, 7) is 2.12. The number of hydrogen-bond donors (Lipinski definition) is 1. The third kappa shape index (κ3) is 2.30.